The maximum atomic E-state index is 12.3. The molecule has 0 N–H and O–H groups in total. The molecule has 2 aromatic heterocycles. The van der Waals surface area contributed by atoms with Crippen molar-refractivity contribution in [1.29, 1.82) is 0 Å². The van der Waals surface area contributed by atoms with E-state index in [1.165, 1.54) is 6.20 Å². The van der Waals surface area contributed by atoms with Crippen molar-refractivity contribution in [3.63, 3.8) is 0 Å². The minimum Gasteiger partial charge on any atom is -0.328 e. The van der Waals surface area contributed by atoms with E-state index in [-0.39, 0.29) is 5.91 Å². The number of hydrogen-bond donors (Lipinski definition) is 0. The van der Waals surface area contributed by atoms with E-state index in [9.17, 15) is 4.79 Å². The first-order valence-corrected chi connectivity index (χ1v) is 7.50. The van der Waals surface area contributed by atoms with Crippen LogP contribution in [0.3, 0.4) is 0 Å². The molecular weight excluding hydrogens is 310 g/mol. The third-order valence-corrected chi connectivity index (χ3v) is 3.53. The van der Waals surface area contributed by atoms with E-state index >= 15 is 0 Å². The summed E-state index contributed by atoms with van der Waals surface area (Å²) in [5.74, 6) is -0.345. The highest BCUT2D eigenvalue weighted by Crippen LogP contribution is 2.06. The third-order valence-electron chi connectivity index (χ3n) is 3.30. The van der Waals surface area contributed by atoms with Gasteiger partial charge in [0.25, 0.3) is 5.91 Å². The van der Waals surface area contributed by atoms with Gasteiger partial charge >= 0.3 is 0 Å². The number of rotatable bonds is 3. The highest BCUT2D eigenvalue weighted by molar-refractivity contribution is 6.29. The molecule has 5 heteroatoms. The van der Waals surface area contributed by atoms with Crippen molar-refractivity contribution in [2.24, 2.45) is 4.99 Å². The van der Waals surface area contributed by atoms with E-state index in [1.54, 1.807) is 12.1 Å². The van der Waals surface area contributed by atoms with Gasteiger partial charge in [-0.15, -0.1) is 0 Å². The van der Waals surface area contributed by atoms with Gasteiger partial charge < -0.3 is 4.57 Å². The summed E-state index contributed by atoms with van der Waals surface area (Å²) in [4.78, 5) is 20.4. The molecule has 1 aromatic carbocycles. The SMILES string of the molecule is O=C(N=c1ccccn1Cc1ccccc1)c1ccc(Cl)nc1. The normalized spacial score (nSPS) is 11.4. The quantitative estimate of drug-likeness (QED) is 0.694. The van der Waals surface area contributed by atoms with Gasteiger partial charge in [-0.05, 0) is 29.8 Å². The van der Waals surface area contributed by atoms with Gasteiger partial charge in [-0.2, -0.15) is 4.99 Å². The Morgan fingerprint density at radius 2 is 1.83 bits per heavy atom. The van der Waals surface area contributed by atoms with Crippen LogP contribution in [0.25, 0.3) is 0 Å². The Labute approximate surface area is 138 Å². The van der Waals surface area contributed by atoms with Crippen molar-refractivity contribution in [3.8, 4) is 0 Å². The fourth-order valence-electron chi connectivity index (χ4n) is 2.15. The highest BCUT2D eigenvalue weighted by atomic mass is 35.5. The van der Waals surface area contributed by atoms with Gasteiger partial charge in [0.05, 0.1) is 5.56 Å². The first kappa shape index (κ1) is 15.2. The lowest BCUT2D eigenvalue weighted by atomic mass is 10.2. The second-order valence-corrected chi connectivity index (χ2v) is 5.35. The van der Waals surface area contributed by atoms with Crippen molar-refractivity contribution in [2.75, 3.05) is 0 Å². The maximum absolute atomic E-state index is 12.3. The number of carbonyl (C=O) groups excluding carboxylic acids is 1. The van der Waals surface area contributed by atoms with E-state index in [0.29, 0.717) is 22.7 Å². The van der Waals surface area contributed by atoms with E-state index in [4.69, 9.17) is 11.6 Å². The zero-order chi connectivity index (χ0) is 16.1. The Morgan fingerprint density at radius 1 is 1.04 bits per heavy atom. The minimum absolute atomic E-state index is 0.345. The summed E-state index contributed by atoms with van der Waals surface area (Å²) in [6.07, 6.45) is 3.33. The molecule has 0 fully saturated rings. The van der Waals surface area contributed by atoms with Gasteiger partial charge in [-0.1, -0.05) is 48.0 Å². The molecule has 0 spiro atoms. The maximum Gasteiger partial charge on any atom is 0.280 e. The van der Waals surface area contributed by atoms with Crippen LogP contribution >= 0.6 is 11.6 Å². The average molecular weight is 324 g/mol. The van der Waals surface area contributed by atoms with Crippen LogP contribution in [0.5, 0.6) is 0 Å². The van der Waals surface area contributed by atoms with Gasteiger partial charge in [-0.3, -0.25) is 4.79 Å². The Hall–Kier alpha value is -2.72. The molecule has 0 aliphatic carbocycles. The van der Waals surface area contributed by atoms with Crippen molar-refractivity contribution in [3.05, 3.63) is 94.8 Å². The number of aromatic nitrogens is 2. The predicted octanol–water partition coefficient (Wildman–Crippen LogP) is 3.33. The van der Waals surface area contributed by atoms with Crippen LogP contribution < -0.4 is 5.49 Å². The van der Waals surface area contributed by atoms with Gasteiger partial charge in [0.15, 0.2) is 0 Å². The molecule has 0 bridgehead atoms. The molecule has 3 aromatic rings. The Balaban J connectivity index is 1.93. The molecule has 23 heavy (non-hydrogen) atoms. The molecule has 114 valence electrons. The van der Waals surface area contributed by atoms with Crippen molar-refractivity contribution in [1.82, 2.24) is 9.55 Å². The number of nitrogens with zero attached hydrogens (tertiary/aromatic N) is 3. The van der Waals surface area contributed by atoms with E-state index < -0.39 is 0 Å². The third kappa shape index (κ3) is 3.93. The van der Waals surface area contributed by atoms with E-state index in [2.05, 4.69) is 9.98 Å². The molecule has 3 rings (SSSR count). The predicted molar refractivity (Wildman–Crippen MR) is 89.1 cm³/mol. The molecular formula is C18H14ClN3O. The molecule has 4 nitrogen and oxygen atoms in total. The first-order chi connectivity index (χ1) is 11.2. The van der Waals surface area contributed by atoms with Gasteiger partial charge in [0, 0.05) is 18.9 Å². The summed E-state index contributed by atoms with van der Waals surface area (Å²) < 4.78 is 1.93. The molecule has 0 aliphatic heterocycles. The molecule has 0 aliphatic rings. The monoisotopic (exact) mass is 323 g/mol. The number of carbonyl (C=O) groups is 1. The molecule has 0 saturated heterocycles. The zero-order valence-corrected chi connectivity index (χ0v) is 13.0. The molecule has 0 atom stereocenters. The molecule has 0 saturated carbocycles. The zero-order valence-electron chi connectivity index (χ0n) is 12.3. The lowest BCUT2D eigenvalue weighted by Crippen LogP contribution is -2.22. The fraction of sp³-hybridized carbons (Fsp3) is 0.0556. The van der Waals surface area contributed by atoms with Crippen LogP contribution in [0.1, 0.15) is 15.9 Å². The Bertz CT molecular complexity index is 871. The van der Waals surface area contributed by atoms with Crippen LogP contribution in [0.2, 0.25) is 5.15 Å². The van der Waals surface area contributed by atoms with Crippen molar-refractivity contribution in [2.45, 2.75) is 6.54 Å². The van der Waals surface area contributed by atoms with Crippen LogP contribution in [0.15, 0.2) is 78.0 Å². The Kier molecular flexibility index (Phi) is 4.64. The van der Waals surface area contributed by atoms with Gasteiger partial charge in [-0.25, -0.2) is 4.98 Å². The van der Waals surface area contributed by atoms with Crippen LogP contribution in [0.4, 0.5) is 0 Å². The van der Waals surface area contributed by atoms with Crippen molar-refractivity contribution < 1.29 is 4.79 Å². The number of amides is 1. The first-order valence-electron chi connectivity index (χ1n) is 7.12. The van der Waals surface area contributed by atoms with Crippen molar-refractivity contribution >= 4 is 17.5 Å². The lowest BCUT2D eigenvalue weighted by molar-refractivity contribution is 0.0997. The number of hydrogen-bond acceptors (Lipinski definition) is 2. The van der Waals surface area contributed by atoms with E-state index in [0.717, 1.165) is 5.56 Å². The van der Waals surface area contributed by atoms with Crippen LogP contribution in [0, 0.1) is 0 Å². The summed E-state index contributed by atoms with van der Waals surface area (Å²) in [6.45, 7) is 0.645. The summed E-state index contributed by atoms with van der Waals surface area (Å²) >= 11 is 5.73. The fourth-order valence-corrected chi connectivity index (χ4v) is 2.27. The van der Waals surface area contributed by atoms with Crippen LogP contribution in [-0.4, -0.2) is 15.5 Å². The second kappa shape index (κ2) is 7.03. The van der Waals surface area contributed by atoms with Crippen LogP contribution in [-0.2, 0) is 6.54 Å². The highest BCUT2D eigenvalue weighted by Gasteiger charge is 2.05. The summed E-state index contributed by atoms with van der Waals surface area (Å²) in [5, 5.41) is 0.348. The largest absolute Gasteiger partial charge is 0.328 e. The molecule has 0 radical (unpaired) electrons. The van der Waals surface area contributed by atoms with Gasteiger partial charge in [0.1, 0.15) is 10.6 Å². The number of halogens is 1. The van der Waals surface area contributed by atoms with E-state index in [1.807, 2.05) is 59.3 Å². The standard InChI is InChI=1S/C18H14ClN3O/c19-16-10-9-15(12-20-16)18(23)21-17-8-4-5-11-22(17)13-14-6-2-1-3-7-14/h1-12H,13H2. The topological polar surface area (TPSA) is 47.2 Å². The Morgan fingerprint density at radius 3 is 2.57 bits per heavy atom. The minimum atomic E-state index is -0.345. The smallest absolute Gasteiger partial charge is 0.280 e. The van der Waals surface area contributed by atoms with Gasteiger partial charge in [0.2, 0.25) is 0 Å². The molecule has 1 amide bonds. The number of benzene rings is 1. The number of pyridine rings is 2. The summed E-state index contributed by atoms with van der Waals surface area (Å²) in [6, 6.07) is 18.8. The lowest BCUT2D eigenvalue weighted by Gasteiger charge is -2.07. The molecule has 2 heterocycles. The molecule has 0 unspecified atom stereocenters. The summed E-state index contributed by atoms with van der Waals surface area (Å²) in [5.41, 5.74) is 2.14. The average Bonchev–Trinajstić information content (AvgIpc) is 2.58. The second-order valence-electron chi connectivity index (χ2n) is 4.96. The summed E-state index contributed by atoms with van der Waals surface area (Å²) in [7, 11) is 0.